The van der Waals surface area contributed by atoms with E-state index < -0.39 is 50.9 Å². The lowest BCUT2D eigenvalue weighted by atomic mass is 10.1. The molecule has 2 aromatic rings. The SMILES string of the molecule is Nc1c2c(cc(=O)n1-c1ccc(F)c(C(F)(F)F)c1Br)C(=O)NC2=O. The number of alkyl halides is 3. The van der Waals surface area contributed by atoms with Crippen molar-refractivity contribution in [2.24, 2.45) is 0 Å². The Morgan fingerprint density at radius 1 is 1.12 bits per heavy atom. The minimum Gasteiger partial charge on any atom is -0.384 e. The first-order chi connectivity index (χ1) is 11.5. The Bertz CT molecular complexity index is 1010. The Kier molecular flexibility index (Phi) is 3.71. The lowest BCUT2D eigenvalue weighted by Gasteiger charge is -2.17. The molecular formula is C14H6BrF4N3O3. The highest BCUT2D eigenvalue weighted by Gasteiger charge is 2.38. The van der Waals surface area contributed by atoms with E-state index in [0.717, 1.165) is 12.1 Å². The number of hydrogen-bond donors (Lipinski definition) is 2. The molecule has 0 saturated heterocycles. The van der Waals surface area contributed by atoms with Gasteiger partial charge in [-0.25, -0.2) is 4.39 Å². The number of nitrogens with one attached hydrogen (secondary N) is 1. The molecule has 3 N–H and O–H groups in total. The van der Waals surface area contributed by atoms with Gasteiger partial charge in [0.05, 0.1) is 21.3 Å². The van der Waals surface area contributed by atoms with Crippen LogP contribution in [0.1, 0.15) is 26.3 Å². The highest BCUT2D eigenvalue weighted by molar-refractivity contribution is 9.10. The van der Waals surface area contributed by atoms with Crippen LogP contribution in [-0.4, -0.2) is 16.4 Å². The minimum atomic E-state index is -5.04. The van der Waals surface area contributed by atoms with Crippen LogP contribution in [-0.2, 0) is 6.18 Å². The topological polar surface area (TPSA) is 94.2 Å². The molecule has 11 heteroatoms. The first kappa shape index (κ1) is 17.1. The van der Waals surface area contributed by atoms with Crippen LogP contribution in [0.5, 0.6) is 0 Å². The first-order valence-corrected chi connectivity index (χ1v) is 7.30. The Hall–Kier alpha value is -2.69. The number of hydrogen-bond acceptors (Lipinski definition) is 4. The molecule has 0 saturated carbocycles. The van der Waals surface area contributed by atoms with Crippen LogP contribution in [0.2, 0.25) is 0 Å². The fourth-order valence-corrected chi connectivity index (χ4v) is 3.23. The van der Waals surface area contributed by atoms with E-state index in [1.54, 1.807) is 0 Å². The second kappa shape index (κ2) is 5.41. The van der Waals surface area contributed by atoms with E-state index in [2.05, 4.69) is 15.9 Å². The molecular weight excluding hydrogens is 414 g/mol. The summed E-state index contributed by atoms with van der Waals surface area (Å²) >= 11 is 2.64. The fourth-order valence-electron chi connectivity index (χ4n) is 2.50. The number of nitrogen functional groups attached to an aromatic ring is 1. The van der Waals surface area contributed by atoms with E-state index in [0.29, 0.717) is 10.6 Å². The van der Waals surface area contributed by atoms with Crippen LogP contribution in [0.25, 0.3) is 5.69 Å². The van der Waals surface area contributed by atoms with E-state index in [1.807, 2.05) is 5.32 Å². The van der Waals surface area contributed by atoms with Gasteiger partial charge in [-0.1, -0.05) is 0 Å². The van der Waals surface area contributed by atoms with Crippen LogP contribution < -0.4 is 16.6 Å². The summed E-state index contributed by atoms with van der Waals surface area (Å²) in [4.78, 5) is 35.6. The molecule has 1 aliphatic rings. The standard InChI is InChI=1S/C14H6BrF4N3O3/c15-10-6(2-1-5(16)9(10)14(17,18)19)22-7(23)3-4-8(11(22)20)13(25)21-12(4)24/h1-3H,20H2,(H,21,24,25). The van der Waals surface area contributed by atoms with Gasteiger partial charge in [-0.3, -0.25) is 24.3 Å². The highest BCUT2D eigenvalue weighted by Crippen LogP contribution is 2.40. The average Bonchev–Trinajstić information content (AvgIpc) is 2.74. The monoisotopic (exact) mass is 419 g/mol. The highest BCUT2D eigenvalue weighted by atomic mass is 79.9. The third-order valence-corrected chi connectivity index (χ3v) is 4.35. The van der Waals surface area contributed by atoms with Crippen molar-refractivity contribution in [2.45, 2.75) is 6.18 Å². The van der Waals surface area contributed by atoms with E-state index in [-0.39, 0.29) is 11.1 Å². The van der Waals surface area contributed by atoms with Crippen molar-refractivity contribution in [3.63, 3.8) is 0 Å². The van der Waals surface area contributed by atoms with Crippen molar-refractivity contribution >= 4 is 33.6 Å². The average molecular weight is 420 g/mol. The van der Waals surface area contributed by atoms with Gasteiger partial charge in [0.15, 0.2) is 0 Å². The molecule has 0 bridgehead atoms. The van der Waals surface area contributed by atoms with Crippen LogP contribution in [0.4, 0.5) is 23.4 Å². The number of nitrogens with two attached hydrogens (primary N) is 1. The molecule has 0 fully saturated rings. The summed E-state index contributed by atoms with van der Waals surface area (Å²) in [5.74, 6) is -3.82. The summed E-state index contributed by atoms with van der Waals surface area (Å²) < 4.78 is 52.6. The number of rotatable bonds is 1. The Morgan fingerprint density at radius 2 is 1.76 bits per heavy atom. The Morgan fingerprint density at radius 3 is 2.36 bits per heavy atom. The van der Waals surface area contributed by atoms with E-state index >= 15 is 0 Å². The fraction of sp³-hybridized carbons (Fsp3) is 0.0714. The van der Waals surface area contributed by atoms with Gasteiger partial charge < -0.3 is 5.73 Å². The maximum Gasteiger partial charge on any atom is 0.420 e. The van der Waals surface area contributed by atoms with Gasteiger partial charge in [0.25, 0.3) is 17.4 Å². The van der Waals surface area contributed by atoms with Gasteiger partial charge in [0.2, 0.25) is 0 Å². The molecule has 1 aromatic carbocycles. The van der Waals surface area contributed by atoms with Crippen LogP contribution >= 0.6 is 15.9 Å². The zero-order valence-electron chi connectivity index (χ0n) is 11.9. The zero-order valence-corrected chi connectivity index (χ0v) is 13.5. The van der Waals surface area contributed by atoms with Crippen LogP contribution in [0, 0.1) is 5.82 Å². The van der Waals surface area contributed by atoms with Gasteiger partial charge in [-0.15, -0.1) is 0 Å². The van der Waals surface area contributed by atoms with Crippen LogP contribution in [0.3, 0.4) is 0 Å². The molecule has 0 unspecified atom stereocenters. The van der Waals surface area contributed by atoms with Crippen molar-refractivity contribution in [3.8, 4) is 5.69 Å². The normalized spacial score (nSPS) is 13.8. The molecule has 130 valence electrons. The summed E-state index contributed by atoms with van der Waals surface area (Å²) in [6, 6.07) is 2.19. The van der Waals surface area contributed by atoms with Gasteiger partial charge in [0, 0.05) is 6.07 Å². The number of amides is 2. The predicted molar refractivity (Wildman–Crippen MR) is 80.9 cm³/mol. The molecule has 0 radical (unpaired) electrons. The molecule has 3 rings (SSSR count). The number of carbonyl (C=O) groups excluding carboxylic acids is 2. The zero-order chi connectivity index (χ0) is 18.7. The van der Waals surface area contributed by atoms with Crippen molar-refractivity contribution in [3.05, 3.63) is 55.5 Å². The lowest BCUT2D eigenvalue weighted by Crippen LogP contribution is -2.25. The maximum atomic E-state index is 13.6. The molecule has 6 nitrogen and oxygen atoms in total. The van der Waals surface area contributed by atoms with Crippen molar-refractivity contribution in [1.29, 1.82) is 0 Å². The second-order valence-corrected chi connectivity index (χ2v) is 5.82. The summed E-state index contributed by atoms with van der Waals surface area (Å²) in [6.07, 6.45) is -5.04. The van der Waals surface area contributed by atoms with Crippen molar-refractivity contribution < 1.29 is 27.2 Å². The number of nitrogens with zero attached hydrogens (tertiary/aromatic N) is 1. The van der Waals surface area contributed by atoms with Gasteiger partial charge in [-0.05, 0) is 28.1 Å². The Balaban J connectivity index is 2.37. The van der Waals surface area contributed by atoms with Gasteiger partial charge >= 0.3 is 6.18 Å². The molecule has 2 heterocycles. The minimum absolute atomic E-state index is 0.280. The number of anilines is 1. The molecule has 1 aliphatic heterocycles. The number of carbonyl (C=O) groups is 2. The molecule has 0 spiro atoms. The maximum absolute atomic E-state index is 13.6. The summed E-state index contributed by atoms with van der Waals surface area (Å²) in [7, 11) is 0. The number of aromatic nitrogens is 1. The quantitative estimate of drug-likeness (QED) is 0.547. The number of benzene rings is 1. The summed E-state index contributed by atoms with van der Waals surface area (Å²) in [5.41, 5.74) is 2.11. The predicted octanol–water partition coefficient (Wildman–Crippen LogP) is 2.22. The third kappa shape index (κ3) is 2.51. The molecule has 25 heavy (non-hydrogen) atoms. The van der Waals surface area contributed by atoms with Gasteiger partial charge in [0.1, 0.15) is 17.2 Å². The lowest BCUT2D eigenvalue weighted by molar-refractivity contribution is -0.140. The summed E-state index contributed by atoms with van der Waals surface area (Å²) in [6.45, 7) is 0. The Labute approximate surface area is 144 Å². The smallest absolute Gasteiger partial charge is 0.384 e. The van der Waals surface area contributed by atoms with Crippen LogP contribution in [0.15, 0.2) is 27.5 Å². The third-order valence-electron chi connectivity index (χ3n) is 3.55. The van der Waals surface area contributed by atoms with E-state index in [1.165, 1.54) is 0 Å². The van der Waals surface area contributed by atoms with E-state index in [4.69, 9.17) is 5.73 Å². The molecule has 0 atom stereocenters. The number of halogens is 5. The van der Waals surface area contributed by atoms with Crippen molar-refractivity contribution in [1.82, 2.24) is 9.88 Å². The van der Waals surface area contributed by atoms with E-state index in [9.17, 15) is 31.9 Å². The number of fused-ring (bicyclic) bond motifs is 1. The largest absolute Gasteiger partial charge is 0.420 e. The number of pyridine rings is 1. The van der Waals surface area contributed by atoms with Crippen molar-refractivity contribution in [2.75, 3.05) is 5.73 Å². The number of imide groups is 1. The van der Waals surface area contributed by atoms with Gasteiger partial charge in [-0.2, -0.15) is 13.2 Å². The second-order valence-electron chi connectivity index (χ2n) is 5.03. The first-order valence-electron chi connectivity index (χ1n) is 6.50. The summed E-state index contributed by atoms with van der Waals surface area (Å²) in [5, 5.41) is 1.93. The molecule has 2 amide bonds. The molecule has 1 aromatic heterocycles. The molecule has 0 aliphatic carbocycles.